The van der Waals surface area contributed by atoms with Gasteiger partial charge in [-0.3, -0.25) is 4.99 Å². The SMILES string of the molecule is CC/N=C(/NC(C)(C)C)P(c1ccccc1)c1ccccc1. The summed E-state index contributed by atoms with van der Waals surface area (Å²) in [6.45, 7) is 9.43. The van der Waals surface area contributed by atoms with Crippen molar-refractivity contribution in [1.29, 1.82) is 0 Å². The van der Waals surface area contributed by atoms with Gasteiger partial charge in [-0.1, -0.05) is 60.7 Å². The van der Waals surface area contributed by atoms with Crippen LogP contribution in [0, 0.1) is 0 Å². The summed E-state index contributed by atoms with van der Waals surface area (Å²) in [4.78, 5) is 4.80. The van der Waals surface area contributed by atoms with Crippen LogP contribution >= 0.6 is 7.92 Å². The first-order valence-electron chi connectivity index (χ1n) is 7.74. The summed E-state index contributed by atoms with van der Waals surface area (Å²) in [6, 6.07) is 21.4. The summed E-state index contributed by atoms with van der Waals surface area (Å²) >= 11 is 0. The van der Waals surface area contributed by atoms with Gasteiger partial charge in [-0.15, -0.1) is 0 Å². The van der Waals surface area contributed by atoms with Crippen molar-refractivity contribution in [1.82, 2.24) is 5.32 Å². The lowest BCUT2D eigenvalue weighted by molar-refractivity contribution is 0.514. The maximum atomic E-state index is 4.80. The van der Waals surface area contributed by atoms with E-state index in [4.69, 9.17) is 4.99 Å². The lowest BCUT2D eigenvalue weighted by Crippen LogP contribution is -2.42. The maximum Gasteiger partial charge on any atom is 0.129 e. The Hall–Kier alpha value is -1.66. The highest BCUT2D eigenvalue weighted by molar-refractivity contribution is 7.88. The fraction of sp³-hybridized carbons (Fsp3) is 0.316. The molecule has 0 aliphatic rings. The molecule has 0 aliphatic carbocycles. The van der Waals surface area contributed by atoms with Crippen molar-refractivity contribution in [3.05, 3.63) is 60.7 Å². The van der Waals surface area contributed by atoms with Crippen LogP contribution in [0.5, 0.6) is 0 Å². The average Bonchev–Trinajstić information content (AvgIpc) is 2.48. The monoisotopic (exact) mass is 312 g/mol. The van der Waals surface area contributed by atoms with Crippen LogP contribution in [0.25, 0.3) is 0 Å². The van der Waals surface area contributed by atoms with Gasteiger partial charge in [0, 0.05) is 20.0 Å². The highest BCUT2D eigenvalue weighted by Gasteiger charge is 2.23. The molecule has 2 nitrogen and oxygen atoms in total. The normalized spacial score (nSPS) is 12.5. The zero-order valence-electron chi connectivity index (χ0n) is 13.9. The van der Waals surface area contributed by atoms with Crippen LogP contribution in [0.1, 0.15) is 27.7 Å². The fourth-order valence-corrected chi connectivity index (χ4v) is 4.66. The number of nitrogens with one attached hydrogen (secondary N) is 1. The highest BCUT2D eigenvalue weighted by atomic mass is 31.1. The average molecular weight is 312 g/mol. The molecule has 3 heteroatoms. The third kappa shape index (κ3) is 4.68. The van der Waals surface area contributed by atoms with Gasteiger partial charge in [0.1, 0.15) is 5.58 Å². The molecule has 0 aromatic heterocycles. The Morgan fingerprint density at radius 2 is 1.36 bits per heavy atom. The zero-order chi connectivity index (χ0) is 16.0. The van der Waals surface area contributed by atoms with Crippen LogP contribution in [-0.2, 0) is 0 Å². The lowest BCUT2D eigenvalue weighted by atomic mass is 10.1. The molecule has 0 unspecified atom stereocenters. The molecule has 1 N–H and O–H groups in total. The first kappa shape index (κ1) is 16.7. The van der Waals surface area contributed by atoms with Gasteiger partial charge in [0.05, 0.1) is 0 Å². The van der Waals surface area contributed by atoms with E-state index in [-0.39, 0.29) is 5.54 Å². The summed E-state index contributed by atoms with van der Waals surface area (Å²) in [5, 5.41) is 6.29. The van der Waals surface area contributed by atoms with Crippen LogP contribution in [-0.4, -0.2) is 17.7 Å². The fourth-order valence-electron chi connectivity index (χ4n) is 2.20. The number of aliphatic imine (C=N–C) groups is 1. The molecule has 2 aromatic rings. The number of hydrogen-bond acceptors (Lipinski definition) is 1. The van der Waals surface area contributed by atoms with Crippen LogP contribution in [0.3, 0.4) is 0 Å². The highest BCUT2D eigenvalue weighted by Crippen LogP contribution is 2.35. The third-order valence-corrected chi connectivity index (χ3v) is 5.34. The van der Waals surface area contributed by atoms with E-state index in [0.29, 0.717) is 0 Å². The summed E-state index contributed by atoms with van der Waals surface area (Å²) in [5.74, 6) is 0. The van der Waals surface area contributed by atoms with Crippen LogP contribution in [0.15, 0.2) is 65.7 Å². The predicted octanol–water partition coefficient (Wildman–Crippen LogP) is 3.88. The Balaban J connectivity index is 2.49. The largest absolute Gasteiger partial charge is 0.365 e. The summed E-state index contributed by atoms with van der Waals surface area (Å²) < 4.78 is 0. The first-order chi connectivity index (χ1) is 10.5. The molecular weight excluding hydrogens is 287 g/mol. The smallest absolute Gasteiger partial charge is 0.129 e. The second-order valence-corrected chi connectivity index (χ2v) is 8.31. The van der Waals surface area contributed by atoms with E-state index in [1.807, 2.05) is 0 Å². The van der Waals surface area contributed by atoms with Crippen molar-refractivity contribution < 1.29 is 0 Å². The Morgan fingerprint density at radius 3 is 1.73 bits per heavy atom. The number of amidine groups is 1. The van der Waals surface area contributed by atoms with Gasteiger partial charge in [0.2, 0.25) is 0 Å². The van der Waals surface area contributed by atoms with Crippen molar-refractivity contribution in [2.75, 3.05) is 6.54 Å². The van der Waals surface area contributed by atoms with E-state index in [1.165, 1.54) is 10.6 Å². The molecule has 0 bridgehead atoms. The van der Waals surface area contributed by atoms with E-state index in [9.17, 15) is 0 Å². The molecular formula is C19H25N2P. The van der Waals surface area contributed by atoms with Crippen LogP contribution in [0.2, 0.25) is 0 Å². The Kier molecular flexibility index (Phi) is 5.74. The predicted molar refractivity (Wildman–Crippen MR) is 99.9 cm³/mol. The minimum absolute atomic E-state index is 0.00184. The van der Waals surface area contributed by atoms with E-state index in [2.05, 4.69) is 93.7 Å². The summed E-state index contributed by atoms with van der Waals surface area (Å²) in [7, 11) is -0.646. The quantitative estimate of drug-likeness (QED) is 0.517. The van der Waals surface area contributed by atoms with Gasteiger partial charge < -0.3 is 5.32 Å². The third-order valence-electron chi connectivity index (χ3n) is 3.04. The molecule has 0 atom stereocenters. The number of benzene rings is 2. The first-order valence-corrected chi connectivity index (χ1v) is 9.08. The second-order valence-electron chi connectivity index (χ2n) is 6.18. The molecule has 0 aliphatic heterocycles. The molecule has 0 saturated heterocycles. The lowest BCUT2D eigenvalue weighted by Gasteiger charge is -2.29. The van der Waals surface area contributed by atoms with Crippen LogP contribution < -0.4 is 15.9 Å². The molecule has 0 amide bonds. The van der Waals surface area contributed by atoms with E-state index >= 15 is 0 Å². The number of rotatable bonds is 4. The van der Waals surface area contributed by atoms with Gasteiger partial charge in [0.15, 0.2) is 0 Å². The molecule has 0 saturated carbocycles. The van der Waals surface area contributed by atoms with Crippen molar-refractivity contribution in [2.45, 2.75) is 33.2 Å². The van der Waals surface area contributed by atoms with Gasteiger partial charge in [0.25, 0.3) is 0 Å². The Bertz CT molecular complexity index is 561. The molecule has 0 fully saturated rings. The van der Waals surface area contributed by atoms with Crippen LogP contribution in [0.4, 0.5) is 0 Å². The molecule has 2 rings (SSSR count). The van der Waals surface area contributed by atoms with Crippen molar-refractivity contribution in [3.8, 4) is 0 Å². The van der Waals surface area contributed by atoms with E-state index in [1.54, 1.807) is 0 Å². The Labute approximate surface area is 135 Å². The minimum Gasteiger partial charge on any atom is -0.365 e. The van der Waals surface area contributed by atoms with Crippen molar-refractivity contribution >= 4 is 24.1 Å². The summed E-state index contributed by atoms with van der Waals surface area (Å²) in [5.41, 5.74) is 1.10. The zero-order valence-corrected chi connectivity index (χ0v) is 14.8. The molecule has 2 aromatic carbocycles. The van der Waals surface area contributed by atoms with Gasteiger partial charge >= 0.3 is 0 Å². The summed E-state index contributed by atoms with van der Waals surface area (Å²) in [6.07, 6.45) is 0. The molecule has 0 heterocycles. The number of hydrogen-bond donors (Lipinski definition) is 1. The maximum absolute atomic E-state index is 4.80. The minimum atomic E-state index is -0.646. The topological polar surface area (TPSA) is 24.4 Å². The van der Waals surface area contributed by atoms with Gasteiger partial charge in [-0.05, 0) is 38.3 Å². The van der Waals surface area contributed by atoms with Crippen molar-refractivity contribution in [3.63, 3.8) is 0 Å². The molecule has 116 valence electrons. The van der Waals surface area contributed by atoms with Gasteiger partial charge in [-0.25, -0.2) is 0 Å². The molecule has 22 heavy (non-hydrogen) atoms. The number of nitrogens with zero attached hydrogens (tertiary/aromatic N) is 1. The molecule has 0 radical (unpaired) electrons. The van der Waals surface area contributed by atoms with E-state index in [0.717, 1.165) is 12.1 Å². The van der Waals surface area contributed by atoms with E-state index < -0.39 is 7.92 Å². The standard InChI is InChI=1S/C19H25N2P/c1-5-20-18(21-19(2,3)4)22(16-12-8-6-9-13-16)17-14-10-7-11-15-17/h6-15H,5H2,1-4H3,(H,20,21). The van der Waals surface area contributed by atoms with Crippen molar-refractivity contribution in [2.24, 2.45) is 4.99 Å². The second kappa shape index (κ2) is 7.56. The Morgan fingerprint density at radius 1 is 0.909 bits per heavy atom. The van der Waals surface area contributed by atoms with Gasteiger partial charge in [-0.2, -0.15) is 0 Å². The molecule has 0 spiro atoms.